The predicted molar refractivity (Wildman–Crippen MR) is 85.5 cm³/mol. The fraction of sp³-hybridized carbons (Fsp3) is 0.294. The first-order valence-electron chi connectivity index (χ1n) is 7.61. The molecule has 1 heterocycles. The molecule has 2 aliphatic rings. The highest BCUT2D eigenvalue weighted by Gasteiger charge is 2.45. The smallest absolute Gasteiger partial charge is 0.283 e. The molecule has 1 spiro atoms. The standard InChI is InChI=1S/C17H14FNO4S/c18-13-3-1-2-4-15(13)24-16-10-12-11(9-14(16)19(20)21)5-6-17(12)22-7-8-23-17/h1-4,9-10H,5-8H2. The van der Waals surface area contributed by atoms with E-state index < -0.39 is 16.5 Å². The number of aryl methyl sites for hydroxylation is 1. The van der Waals surface area contributed by atoms with Gasteiger partial charge in [0, 0.05) is 22.9 Å². The number of rotatable bonds is 3. The quantitative estimate of drug-likeness (QED) is 0.620. The van der Waals surface area contributed by atoms with Gasteiger partial charge < -0.3 is 9.47 Å². The molecule has 0 unspecified atom stereocenters. The van der Waals surface area contributed by atoms with Gasteiger partial charge in [0.05, 0.1) is 23.0 Å². The summed E-state index contributed by atoms with van der Waals surface area (Å²) in [6, 6.07) is 9.53. The van der Waals surface area contributed by atoms with Gasteiger partial charge in [-0.15, -0.1) is 0 Å². The second kappa shape index (κ2) is 5.84. The van der Waals surface area contributed by atoms with Crippen LogP contribution in [0.2, 0.25) is 0 Å². The molecule has 1 saturated heterocycles. The Morgan fingerprint density at radius 2 is 1.92 bits per heavy atom. The number of nitro groups is 1. The van der Waals surface area contributed by atoms with Crippen LogP contribution in [-0.4, -0.2) is 18.1 Å². The number of benzene rings is 2. The van der Waals surface area contributed by atoms with Crippen LogP contribution in [0.4, 0.5) is 10.1 Å². The summed E-state index contributed by atoms with van der Waals surface area (Å²) in [5.74, 6) is -1.20. The predicted octanol–water partition coefficient (Wildman–Crippen LogP) is 4.03. The minimum Gasteiger partial charge on any atom is -0.343 e. The number of fused-ring (bicyclic) bond motifs is 2. The lowest BCUT2D eigenvalue weighted by Crippen LogP contribution is -2.23. The van der Waals surface area contributed by atoms with E-state index >= 15 is 0 Å². The molecule has 0 N–H and O–H groups in total. The summed E-state index contributed by atoms with van der Waals surface area (Å²) in [5, 5.41) is 11.4. The van der Waals surface area contributed by atoms with Crippen molar-refractivity contribution in [3.05, 3.63) is 63.5 Å². The Balaban J connectivity index is 1.81. The monoisotopic (exact) mass is 347 g/mol. The van der Waals surface area contributed by atoms with Gasteiger partial charge in [-0.25, -0.2) is 4.39 Å². The largest absolute Gasteiger partial charge is 0.343 e. The summed E-state index contributed by atoms with van der Waals surface area (Å²) in [7, 11) is 0. The van der Waals surface area contributed by atoms with Gasteiger partial charge in [0.15, 0.2) is 5.79 Å². The Hall–Kier alpha value is -1.96. The first-order valence-corrected chi connectivity index (χ1v) is 8.43. The molecule has 124 valence electrons. The van der Waals surface area contributed by atoms with E-state index in [1.54, 1.807) is 30.3 Å². The average molecular weight is 347 g/mol. The maximum atomic E-state index is 13.9. The zero-order chi connectivity index (χ0) is 16.7. The Labute approximate surface area is 141 Å². The van der Waals surface area contributed by atoms with Crippen LogP contribution in [0.3, 0.4) is 0 Å². The van der Waals surface area contributed by atoms with Gasteiger partial charge in [0.2, 0.25) is 0 Å². The topological polar surface area (TPSA) is 61.6 Å². The summed E-state index contributed by atoms with van der Waals surface area (Å²) >= 11 is 1.05. The maximum absolute atomic E-state index is 13.9. The summed E-state index contributed by atoms with van der Waals surface area (Å²) in [6.45, 7) is 1.01. The maximum Gasteiger partial charge on any atom is 0.283 e. The van der Waals surface area contributed by atoms with Crippen molar-refractivity contribution in [2.75, 3.05) is 13.2 Å². The summed E-state index contributed by atoms with van der Waals surface area (Å²) in [5.41, 5.74) is 1.67. The Morgan fingerprint density at radius 1 is 1.17 bits per heavy atom. The van der Waals surface area contributed by atoms with Gasteiger partial charge in [-0.1, -0.05) is 23.9 Å². The van der Waals surface area contributed by atoms with E-state index in [0.29, 0.717) is 35.8 Å². The number of halogens is 1. The van der Waals surface area contributed by atoms with Crippen LogP contribution in [0.25, 0.3) is 0 Å². The van der Waals surface area contributed by atoms with Crippen LogP contribution in [0.5, 0.6) is 0 Å². The molecule has 7 heteroatoms. The Bertz CT molecular complexity index is 820. The molecular formula is C17H14FNO4S. The molecule has 2 aromatic carbocycles. The van der Waals surface area contributed by atoms with Crippen LogP contribution < -0.4 is 0 Å². The Kier molecular flexibility index (Phi) is 3.79. The second-order valence-corrected chi connectivity index (χ2v) is 6.80. The third kappa shape index (κ3) is 2.49. The zero-order valence-corrected chi connectivity index (χ0v) is 13.5. The van der Waals surface area contributed by atoms with Crippen molar-refractivity contribution in [2.45, 2.75) is 28.4 Å². The van der Waals surface area contributed by atoms with Gasteiger partial charge in [-0.2, -0.15) is 0 Å². The number of hydrogen-bond donors (Lipinski definition) is 0. The third-order valence-corrected chi connectivity index (χ3v) is 5.42. The van der Waals surface area contributed by atoms with E-state index in [1.165, 1.54) is 6.07 Å². The fourth-order valence-electron chi connectivity index (χ4n) is 3.23. The molecule has 24 heavy (non-hydrogen) atoms. The van der Waals surface area contributed by atoms with Crippen LogP contribution in [0, 0.1) is 15.9 Å². The summed E-state index contributed by atoms with van der Waals surface area (Å²) in [4.78, 5) is 11.8. The highest BCUT2D eigenvalue weighted by molar-refractivity contribution is 7.99. The van der Waals surface area contributed by atoms with Crippen LogP contribution >= 0.6 is 11.8 Å². The molecule has 0 atom stereocenters. The normalized spacial score (nSPS) is 18.0. The van der Waals surface area contributed by atoms with Crippen LogP contribution in [0.15, 0.2) is 46.2 Å². The molecule has 5 nitrogen and oxygen atoms in total. The molecular weight excluding hydrogens is 333 g/mol. The van der Waals surface area contributed by atoms with Crippen molar-refractivity contribution < 1.29 is 18.8 Å². The molecule has 0 radical (unpaired) electrons. The van der Waals surface area contributed by atoms with E-state index in [0.717, 1.165) is 22.9 Å². The van der Waals surface area contributed by atoms with Crippen LogP contribution in [-0.2, 0) is 21.7 Å². The molecule has 1 aliphatic heterocycles. The van der Waals surface area contributed by atoms with Crippen molar-refractivity contribution in [1.29, 1.82) is 0 Å². The highest BCUT2D eigenvalue weighted by Crippen LogP contribution is 2.48. The summed E-state index contributed by atoms with van der Waals surface area (Å²) in [6.07, 6.45) is 1.31. The van der Waals surface area contributed by atoms with E-state index in [2.05, 4.69) is 0 Å². The van der Waals surface area contributed by atoms with Gasteiger partial charge in [0.25, 0.3) is 5.69 Å². The van der Waals surface area contributed by atoms with Gasteiger partial charge in [-0.05, 0) is 30.2 Å². The molecule has 0 aromatic heterocycles. The summed E-state index contributed by atoms with van der Waals surface area (Å²) < 4.78 is 25.5. The number of nitro benzene ring substituents is 1. The molecule has 0 bridgehead atoms. The molecule has 0 saturated carbocycles. The van der Waals surface area contributed by atoms with Crippen molar-refractivity contribution in [3.63, 3.8) is 0 Å². The highest BCUT2D eigenvalue weighted by atomic mass is 32.2. The van der Waals surface area contributed by atoms with E-state index in [9.17, 15) is 14.5 Å². The molecule has 0 amide bonds. The lowest BCUT2D eigenvalue weighted by atomic mass is 10.1. The van der Waals surface area contributed by atoms with E-state index in [1.807, 2.05) is 0 Å². The first-order chi connectivity index (χ1) is 11.6. The first kappa shape index (κ1) is 15.6. The Morgan fingerprint density at radius 3 is 2.62 bits per heavy atom. The van der Waals surface area contributed by atoms with Gasteiger partial charge >= 0.3 is 0 Å². The van der Waals surface area contributed by atoms with Crippen molar-refractivity contribution >= 4 is 17.4 Å². The lowest BCUT2D eigenvalue weighted by molar-refractivity contribution is -0.387. The number of nitrogens with zero attached hydrogens (tertiary/aromatic N) is 1. The van der Waals surface area contributed by atoms with E-state index in [4.69, 9.17) is 9.47 Å². The molecule has 1 aliphatic carbocycles. The number of ether oxygens (including phenoxy) is 2. The molecule has 4 rings (SSSR count). The van der Waals surface area contributed by atoms with Gasteiger partial charge in [0.1, 0.15) is 5.82 Å². The van der Waals surface area contributed by atoms with Gasteiger partial charge in [-0.3, -0.25) is 10.1 Å². The van der Waals surface area contributed by atoms with Crippen molar-refractivity contribution in [1.82, 2.24) is 0 Å². The fourth-order valence-corrected chi connectivity index (χ4v) is 4.20. The second-order valence-electron chi connectivity index (χ2n) is 5.72. The average Bonchev–Trinajstić information content (AvgIpc) is 3.18. The zero-order valence-electron chi connectivity index (χ0n) is 12.7. The van der Waals surface area contributed by atoms with Crippen LogP contribution in [0.1, 0.15) is 17.5 Å². The SMILES string of the molecule is O=[N+]([O-])c1cc2c(cc1Sc1ccccc1F)C1(CC2)OCCO1. The third-order valence-electron chi connectivity index (χ3n) is 4.33. The van der Waals surface area contributed by atoms with Crippen molar-refractivity contribution in [2.24, 2.45) is 0 Å². The molecule has 2 aromatic rings. The lowest BCUT2D eigenvalue weighted by Gasteiger charge is -2.23. The minimum atomic E-state index is -0.797. The number of hydrogen-bond acceptors (Lipinski definition) is 5. The molecule has 1 fully saturated rings. The van der Waals surface area contributed by atoms with E-state index in [-0.39, 0.29) is 5.69 Å². The van der Waals surface area contributed by atoms with Crippen molar-refractivity contribution in [3.8, 4) is 0 Å². The minimum absolute atomic E-state index is 0.0166.